The van der Waals surface area contributed by atoms with Crippen LogP contribution in [-0.2, 0) is 0 Å². The van der Waals surface area contributed by atoms with E-state index < -0.39 is 24.6 Å². The van der Waals surface area contributed by atoms with Crippen LogP contribution in [0.4, 0.5) is 17.6 Å². The van der Waals surface area contributed by atoms with Crippen LogP contribution >= 0.6 is 0 Å². The normalized spacial score (nSPS) is 11.6. The first-order valence-electron chi connectivity index (χ1n) is 9.29. The molecule has 0 aliphatic rings. The van der Waals surface area contributed by atoms with Gasteiger partial charge in [0.1, 0.15) is 11.5 Å². The first kappa shape index (κ1) is 20.6. The maximum Gasteiger partial charge on any atom is 0.422 e. The molecule has 3 heterocycles. The van der Waals surface area contributed by atoms with Crippen molar-refractivity contribution in [1.29, 1.82) is 0 Å². The van der Waals surface area contributed by atoms with Crippen LogP contribution in [0.1, 0.15) is 6.92 Å². The number of hydrogen-bond acceptors (Lipinski definition) is 5. The highest BCUT2D eigenvalue weighted by atomic mass is 19.4. The molecule has 31 heavy (non-hydrogen) atoms. The average Bonchev–Trinajstić information content (AvgIpc) is 3.13. The molecule has 3 aromatic heterocycles. The van der Waals surface area contributed by atoms with E-state index in [1.807, 2.05) is 6.92 Å². The van der Waals surface area contributed by atoms with Crippen LogP contribution in [0.25, 0.3) is 28.0 Å². The predicted octanol–water partition coefficient (Wildman–Crippen LogP) is 4.94. The lowest BCUT2D eigenvalue weighted by Crippen LogP contribution is -2.20. The molecule has 0 radical (unpaired) electrons. The van der Waals surface area contributed by atoms with Crippen molar-refractivity contribution >= 4 is 5.52 Å². The lowest BCUT2D eigenvalue weighted by molar-refractivity contribution is -0.154. The van der Waals surface area contributed by atoms with Crippen molar-refractivity contribution in [2.75, 3.05) is 13.2 Å². The fourth-order valence-electron chi connectivity index (χ4n) is 3.06. The summed E-state index contributed by atoms with van der Waals surface area (Å²) in [4.78, 5) is 7.90. The van der Waals surface area contributed by atoms with E-state index >= 15 is 0 Å². The van der Waals surface area contributed by atoms with Crippen molar-refractivity contribution in [1.82, 2.24) is 19.6 Å². The van der Waals surface area contributed by atoms with Gasteiger partial charge in [-0.15, -0.1) is 0 Å². The van der Waals surface area contributed by atoms with Crippen molar-refractivity contribution in [2.45, 2.75) is 13.1 Å². The zero-order valence-electron chi connectivity index (χ0n) is 16.2. The Balaban J connectivity index is 1.89. The fourth-order valence-corrected chi connectivity index (χ4v) is 3.06. The molecule has 1 aromatic carbocycles. The molecule has 0 aliphatic carbocycles. The average molecular weight is 432 g/mol. The van der Waals surface area contributed by atoms with Crippen LogP contribution in [0.5, 0.6) is 11.9 Å². The number of fused-ring (bicyclic) bond motifs is 1. The number of benzene rings is 1. The van der Waals surface area contributed by atoms with Crippen molar-refractivity contribution in [3.63, 3.8) is 0 Å². The number of alkyl halides is 3. The Labute approximate surface area is 174 Å². The highest BCUT2D eigenvalue weighted by Crippen LogP contribution is 2.36. The standard InChI is InChI=1S/C21H16F4N4O2/c1-2-30-17-5-3-4-16-18(15-10-11-26-20(27-15)31-12-21(23,24)25)19(28-29(16)17)13-6-8-14(22)9-7-13/h3-11H,2,12H2,1H3. The second-order valence-corrected chi connectivity index (χ2v) is 6.45. The molecule has 10 heteroatoms. The maximum absolute atomic E-state index is 13.5. The zero-order chi connectivity index (χ0) is 22.0. The van der Waals surface area contributed by atoms with Crippen molar-refractivity contribution in [3.05, 3.63) is 60.5 Å². The summed E-state index contributed by atoms with van der Waals surface area (Å²) in [5.41, 5.74) is 2.47. The third kappa shape index (κ3) is 4.42. The Morgan fingerprint density at radius 1 is 1.00 bits per heavy atom. The zero-order valence-corrected chi connectivity index (χ0v) is 16.2. The minimum Gasteiger partial charge on any atom is -0.478 e. The molecular formula is C21H16F4N4O2. The summed E-state index contributed by atoms with van der Waals surface area (Å²) >= 11 is 0. The third-order valence-electron chi connectivity index (χ3n) is 4.29. The van der Waals surface area contributed by atoms with E-state index in [-0.39, 0.29) is 0 Å². The van der Waals surface area contributed by atoms with Gasteiger partial charge in [0.25, 0.3) is 0 Å². The van der Waals surface area contributed by atoms with Gasteiger partial charge in [-0.05, 0) is 43.3 Å². The van der Waals surface area contributed by atoms with Gasteiger partial charge in [0, 0.05) is 17.8 Å². The Morgan fingerprint density at radius 3 is 2.48 bits per heavy atom. The molecule has 0 N–H and O–H groups in total. The first-order valence-corrected chi connectivity index (χ1v) is 9.29. The molecule has 0 saturated heterocycles. The Morgan fingerprint density at radius 2 is 1.77 bits per heavy atom. The van der Waals surface area contributed by atoms with Crippen LogP contribution in [-0.4, -0.2) is 39.0 Å². The topological polar surface area (TPSA) is 61.5 Å². The van der Waals surface area contributed by atoms with E-state index in [9.17, 15) is 17.6 Å². The molecule has 0 atom stereocenters. The van der Waals surface area contributed by atoms with E-state index in [0.717, 1.165) is 0 Å². The SMILES string of the molecule is CCOc1cccc2c(-c3ccnc(OCC(F)(F)F)n3)c(-c3ccc(F)cc3)nn12. The van der Waals surface area contributed by atoms with Gasteiger partial charge in [-0.2, -0.15) is 27.8 Å². The number of aromatic nitrogens is 4. The summed E-state index contributed by atoms with van der Waals surface area (Å²) in [7, 11) is 0. The van der Waals surface area contributed by atoms with E-state index in [1.165, 1.54) is 24.4 Å². The molecule has 160 valence electrons. The highest BCUT2D eigenvalue weighted by Gasteiger charge is 2.29. The molecule has 0 unspecified atom stereocenters. The quantitative estimate of drug-likeness (QED) is 0.404. The van der Waals surface area contributed by atoms with Crippen LogP contribution in [0.3, 0.4) is 0 Å². The Kier molecular flexibility index (Phi) is 5.45. The van der Waals surface area contributed by atoms with Gasteiger partial charge in [-0.1, -0.05) is 6.07 Å². The van der Waals surface area contributed by atoms with Crippen molar-refractivity contribution in [2.24, 2.45) is 0 Å². The van der Waals surface area contributed by atoms with Gasteiger partial charge in [-0.25, -0.2) is 9.37 Å². The number of hydrogen-bond donors (Lipinski definition) is 0. The molecule has 4 rings (SSSR count). The maximum atomic E-state index is 13.5. The molecule has 0 saturated carbocycles. The second kappa shape index (κ2) is 8.21. The monoisotopic (exact) mass is 432 g/mol. The van der Waals surface area contributed by atoms with Gasteiger partial charge in [0.2, 0.25) is 5.88 Å². The molecule has 4 aromatic rings. The highest BCUT2D eigenvalue weighted by molar-refractivity contribution is 5.91. The van der Waals surface area contributed by atoms with Gasteiger partial charge in [0.05, 0.1) is 23.4 Å². The second-order valence-electron chi connectivity index (χ2n) is 6.45. The summed E-state index contributed by atoms with van der Waals surface area (Å²) < 4.78 is 62.9. The summed E-state index contributed by atoms with van der Waals surface area (Å²) in [5, 5.41) is 4.61. The largest absolute Gasteiger partial charge is 0.478 e. The Hall–Kier alpha value is -3.69. The van der Waals surface area contributed by atoms with Gasteiger partial charge < -0.3 is 9.47 Å². The molecule has 0 bridgehead atoms. The number of rotatable bonds is 6. The van der Waals surface area contributed by atoms with Crippen molar-refractivity contribution in [3.8, 4) is 34.4 Å². The minimum absolute atomic E-state index is 0.301. The predicted molar refractivity (Wildman–Crippen MR) is 104 cm³/mol. The molecule has 0 aliphatic heterocycles. The number of halogens is 4. The van der Waals surface area contributed by atoms with Crippen LogP contribution in [0, 0.1) is 5.82 Å². The van der Waals surface area contributed by atoms with Gasteiger partial charge in [0.15, 0.2) is 6.61 Å². The van der Waals surface area contributed by atoms with Gasteiger partial charge in [-0.3, -0.25) is 0 Å². The first-order chi connectivity index (χ1) is 14.9. The van der Waals surface area contributed by atoms with E-state index in [0.29, 0.717) is 40.5 Å². The van der Waals surface area contributed by atoms with Crippen LogP contribution in [0.2, 0.25) is 0 Å². The number of nitrogens with zero attached hydrogens (tertiary/aromatic N) is 4. The van der Waals surface area contributed by atoms with E-state index in [1.54, 1.807) is 34.8 Å². The van der Waals surface area contributed by atoms with Crippen LogP contribution < -0.4 is 9.47 Å². The lowest BCUT2D eigenvalue weighted by atomic mass is 10.0. The van der Waals surface area contributed by atoms with Gasteiger partial charge >= 0.3 is 12.2 Å². The molecule has 6 nitrogen and oxygen atoms in total. The summed E-state index contributed by atoms with van der Waals surface area (Å²) in [6.07, 6.45) is -3.21. The minimum atomic E-state index is -4.52. The lowest BCUT2D eigenvalue weighted by Gasteiger charge is -2.09. The molecule has 0 spiro atoms. The van der Waals surface area contributed by atoms with Crippen LogP contribution in [0.15, 0.2) is 54.7 Å². The van der Waals surface area contributed by atoms with E-state index in [4.69, 9.17) is 9.47 Å². The number of ether oxygens (including phenoxy) is 2. The Bertz CT molecular complexity index is 1210. The smallest absolute Gasteiger partial charge is 0.422 e. The molecule has 0 amide bonds. The number of pyridine rings is 1. The molecule has 0 fully saturated rings. The summed E-state index contributed by atoms with van der Waals surface area (Å²) in [5.74, 6) is 0.0613. The third-order valence-corrected chi connectivity index (χ3v) is 4.29. The summed E-state index contributed by atoms with van der Waals surface area (Å²) in [6.45, 7) is 0.729. The van der Waals surface area contributed by atoms with Crippen molar-refractivity contribution < 1.29 is 27.0 Å². The fraction of sp³-hybridized carbons (Fsp3) is 0.190. The summed E-state index contributed by atoms with van der Waals surface area (Å²) in [6, 6.07) is 12.1. The molecular weight excluding hydrogens is 416 g/mol. The van der Waals surface area contributed by atoms with E-state index in [2.05, 4.69) is 15.1 Å².